The fraction of sp³-hybridized carbons (Fsp3) is 0.196. The molecule has 0 saturated carbocycles. The lowest BCUT2D eigenvalue weighted by atomic mass is 9.99. The molecule has 0 bridgehead atoms. The van der Waals surface area contributed by atoms with Crippen molar-refractivity contribution in [3.05, 3.63) is 163 Å². The summed E-state index contributed by atoms with van der Waals surface area (Å²) in [4.78, 5) is 44.7. The Kier molecular flexibility index (Phi) is 13.6. The van der Waals surface area contributed by atoms with Crippen molar-refractivity contribution in [2.45, 2.75) is 92.4 Å². The summed E-state index contributed by atoms with van der Waals surface area (Å²) >= 11 is 3.31. The molecule has 69 heavy (non-hydrogen) atoms. The van der Waals surface area contributed by atoms with Crippen LogP contribution in [0.15, 0.2) is 166 Å². The first-order valence-electron chi connectivity index (χ1n) is 22.9. The molecular formula is C56H53N9O2S2. The maximum atomic E-state index is 12.4. The normalized spacial score (nSPS) is 11.6. The third kappa shape index (κ3) is 11.3. The third-order valence-corrected chi connectivity index (χ3v) is 13.4. The van der Waals surface area contributed by atoms with Crippen LogP contribution in [-0.2, 0) is 4.74 Å². The molecule has 3 N–H and O–H groups in total. The fourth-order valence-corrected chi connectivity index (χ4v) is 9.31. The number of aromatic nitrogens is 6. The number of anilines is 5. The Morgan fingerprint density at radius 2 is 0.971 bits per heavy atom. The van der Waals surface area contributed by atoms with Crippen molar-refractivity contribution in [1.82, 2.24) is 29.9 Å². The molecule has 0 radical (unpaired) electrons. The molecule has 4 heterocycles. The Labute approximate surface area is 411 Å². The molecule has 0 saturated heterocycles. The zero-order valence-electron chi connectivity index (χ0n) is 39.8. The molecule has 1 amide bonds. The summed E-state index contributed by atoms with van der Waals surface area (Å²) in [6.45, 7) is 16.1. The number of amides is 1. The van der Waals surface area contributed by atoms with E-state index in [2.05, 4.69) is 168 Å². The first-order valence-corrected chi connectivity index (χ1v) is 24.5. The van der Waals surface area contributed by atoms with Gasteiger partial charge in [-0.3, -0.25) is 5.32 Å². The first kappa shape index (κ1) is 46.7. The number of pyridine rings is 2. The van der Waals surface area contributed by atoms with Gasteiger partial charge in [0, 0.05) is 36.7 Å². The lowest BCUT2D eigenvalue weighted by Crippen LogP contribution is -2.27. The van der Waals surface area contributed by atoms with E-state index in [-0.39, 0.29) is 11.8 Å². The first-order chi connectivity index (χ1) is 33.2. The largest absolute Gasteiger partial charge is 0.444 e. The molecule has 4 aromatic heterocycles. The van der Waals surface area contributed by atoms with Gasteiger partial charge in [0.25, 0.3) is 0 Å². The molecule has 5 aromatic carbocycles. The Hall–Kier alpha value is -7.35. The van der Waals surface area contributed by atoms with E-state index in [1.165, 1.54) is 5.56 Å². The van der Waals surface area contributed by atoms with E-state index in [0.29, 0.717) is 28.6 Å². The number of fused-ring (bicyclic) bond motifs is 2. The number of benzene rings is 5. The van der Waals surface area contributed by atoms with Gasteiger partial charge < -0.3 is 15.4 Å². The number of aryl methyl sites for hydroxylation is 1. The highest BCUT2D eigenvalue weighted by Crippen LogP contribution is 2.41. The van der Waals surface area contributed by atoms with Crippen LogP contribution in [0.3, 0.4) is 0 Å². The molecule has 0 spiro atoms. The van der Waals surface area contributed by atoms with Gasteiger partial charge in [-0.2, -0.15) is 0 Å². The van der Waals surface area contributed by atoms with E-state index in [0.717, 1.165) is 75.4 Å². The Bertz CT molecular complexity index is 3300. The topological polar surface area (TPSA) is 140 Å². The molecule has 0 aliphatic carbocycles. The number of hydrogen-bond acceptors (Lipinski definition) is 12. The summed E-state index contributed by atoms with van der Waals surface area (Å²) < 4.78 is 5.45. The number of carbonyl (C=O) groups is 1. The molecule has 9 rings (SSSR count). The summed E-state index contributed by atoms with van der Waals surface area (Å²) in [5.41, 5.74) is 10.5. The molecule has 0 unspecified atom stereocenters. The molecule has 0 aliphatic rings. The molecule has 13 heteroatoms. The lowest BCUT2D eigenvalue weighted by Gasteiger charge is -2.19. The van der Waals surface area contributed by atoms with E-state index in [1.807, 2.05) is 57.2 Å². The standard InChI is InChI=1S/C56H53N9O2S2/c1-33(2)45-25-23-43-51(62-45)57-31-59-53(43)64-47-29-38(15-27-49(47)68-41-19-9-35(5)10-20-41)36-11-13-37(14-12-36)39-16-28-50(69-42-21-17-40(18-22-42)61-55(66)67-56(6,7)8)48(30-39)65-54-44-24-26-46(34(3)4)63-52(44)58-32-60-54/h9-34H,1-8H3,(H,61,66)(H,57,59,62,64)(H,58,60,63,65). The number of nitrogens with one attached hydrogen (secondary N) is 3. The van der Waals surface area contributed by atoms with Crippen LogP contribution in [0.4, 0.5) is 33.5 Å². The highest BCUT2D eigenvalue weighted by Gasteiger charge is 2.18. The molecular weight excluding hydrogens is 895 g/mol. The predicted octanol–water partition coefficient (Wildman–Crippen LogP) is 15.4. The molecule has 9 aromatic rings. The van der Waals surface area contributed by atoms with Crippen molar-refractivity contribution in [2.75, 3.05) is 16.0 Å². The van der Waals surface area contributed by atoms with Crippen LogP contribution >= 0.6 is 23.5 Å². The summed E-state index contributed by atoms with van der Waals surface area (Å²) in [7, 11) is 0. The van der Waals surface area contributed by atoms with Crippen LogP contribution in [0, 0.1) is 6.92 Å². The van der Waals surface area contributed by atoms with Gasteiger partial charge in [0.15, 0.2) is 11.3 Å². The van der Waals surface area contributed by atoms with Gasteiger partial charge in [-0.15, -0.1) is 0 Å². The molecule has 11 nitrogen and oxygen atoms in total. The van der Waals surface area contributed by atoms with Gasteiger partial charge in [-0.05, 0) is 147 Å². The van der Waals surface area contributed by atoms with Crippen molar-refractivity contribution < 1.29 is 9.53 Å². The minimum absolute atomic E-state index is 0.264. The van der Waals surface area contributed by atoms with Crippen LogP contribution in [0.25, 0.3) is 44.3 Å². The molecule has 0 atom stereocenters. The van der Waals surface area contributed by atoms with Gasteiger partial charge in [0.1, 0.15) is 29.9 Å². The average Bonchev–Trinajstić information content (AvgIpc) is 3.33. The Morgan fingerprint density at radius 3 is 1.41 bits per heavy atom. The lowest BCUT2D eigenvalue weighted by molar-refractivity contribution is 0.0636. The smallest absolute Gasteiger partial charge is 0.412 e. The summed E-state index contributed by atoms with van der Waals surface area (Å²) in [6, 6.07) is 46.1. The SMILES string of the molecule is Cc1ccc(Sc2ccc(-c3ccc(-c4ccc(Sc5ccc(NC(=O)OC(C)(C)C)cc5)c(Nc5ncnc6nc(C(C)C)ccc56)c4)cc3)cc2Nc2ncnc3nc(C(C)C)ccc23)cc1. The van der Waals surface area contributed by atoms with Crippen LogP contribution in [0.5, 0.6) is 0 Å². The minimum atomic E-state index is -0.596. The zero-order chi connectivity index (χ0) is 48.2. The van der Waals surface area contributed by atoms with E-state index < -0.39 is 11.7 Å². The predicted molar refractivity (Wildman–Crippen MR) is 282 cm³/mol. The number of nitrogens with zero attached hydrogens (tertiary/aromatic N) is 6. The summed E-state index contributed by atoms with van der Waals surface area (Å²) in [5.74, 6) is 1.91. The van der Waals surface area contributed by atoms with Crippen LogP contribution in [0.2, 0.25) is 0 Å². The van der Waals surface area contributed by atoms with Crippen molar-refractivity contribution >= 4 is 80.4 Å². The third-order valence-electron chi connectivity index (χ3n) is 11.2. The fourth-order valence-electron chi connectivity index (χ4n) is 7.55. The van der Waals surface area contributed by atoms with Crippen molar-refractivity contribution in [2.24, 2.45) is 0 Å². The van der Waals surface area contributed by atoms with Gasteiger partial charge in [-0.1, -0.05) is 105 Å². The number of ether oxygens (including phenoxy) is 1. The summed E-state index contributed by atoms with van der Waals surface area (Å²) in [6.07, 6.45) is 2.63. The minimum Gasteiger partial charge on any atom is -0.444 e. The van der Waals surface area contributed by atoms with Crippen LogP contribution < -0.4 is 16.0 Å². The van der Waals surface area contributed by atoms with Gasteiger partial charge in [0.05, 0.1) is 22.1 Å². The maximum Gasteiger partial charge on any atom is 0.412 e. The van der Waals surface area contributed by atoms with Gasteiger partial charge >= 0.3 is 6.09 Å². The van der Waals surface area contributed by atoms with Crippen molar-refractivity contribution in [3.63, 3.8) is 0 Å². The molecule has 0 fully saturated rings. The average molecular weight is 948 g/mol. The number of carbonyl (C=O) groups excluding carboxylic acids is 1. The number of hydrogen-bond donors (Lipinski definition) is 3. The van der Waals surface area contributed by atoms with Crippen LogP contribution in [0.1, 0.15) is 77.3 Å². The quantitative estimate of drug-likeness (QED) is 0.101. The Balaban J connectivity index is 1.03. The monoisotopic (exact) mass is 947 g/mol. The highest BCUT2D eigenvalue weighted by molar-refractivity contribution is 7.99. The van der Waals surface area contributed by atoms with Crippen molar-refractivity contribution in [1.29, 1.82) is 0 Å². The van der Waals surface area contributed by atoms with Gasteiger partial charge in [-0.25, -0.2) is 34.7 Å². The summed E-state index contributed by atoms with van der Waals surface area (Å²) in [5, 5.41) is 11.8. The van der Waals surface area contributed by atoms with Gasteiger partial charge in [0.2, 0.25) is 0 Å². The highest BCUT2D eigenvalue weighted by atomic mass is 32.2. The van der Waals surface area contributed by atoms with E-state index in [1.54, 1.807) is 36.2 Å². The van der Waals surface area contributed by atoms with Crippen LogP contribution in [-0.4, -0.2) is 41.6 Å². The Morgan fingerprint density at radius 1 is 0.536 bits per heavy atom. The molecule has 346 valence electrons. The zero-order valence-corrected chi connectivity index (χ0v) is 41.5. The van der Waals surface area contributed by atoms with E-state index in [9.17, 15) is 4.79 Å². The van der Waals surface area contributed by atoms with E-state index in [4.69, 9.17) is 14.7 Å². The second kappa shape index (κ2) is 20.1. The maximum absolute atomic E-state index is 12.4. The molecule has 0 aliphatic heterocycles. The number of rotatable bonds is 13. The van der Waals surface area contributed by atoms with E-state index >= 15 is 0 Å². The second-order valence-electron chi connectivity index (χ2n) is 18.4. The second-order valence-corrected chi connectivity index (χ2v) is 20.6. The van der Waals surface area contributed by atoms with Crippen molar-refractivity contribution in [3.8, 4) is 22.3 Å².